The van der Waals surface area contributed by atoms with Gasteiger partial charge in [-0.15, -0.1) is 11.3 Å². The summed E-state index contributed by atoms with van der Waals surface area (Å²) in [7, 11) is 1.63. The van der Waals surface area contributed by atoms with Crippen LogP contribution in [0.5, 0.6) is 5.75 Å². The van der Waals surface area contributed by atoms with Crippen molar-refractivity contribution in [1.82, 2.24) is 9.97 Å². The fourth-order valence-corrected chi connectivity index (χ4v) is 3.61. The van der Waals surface area contributed by atoms with Gasteiger partial charge in [0.05, 0.1) is 23.1 Å². The lowest BCUT2D eigenvalue weighted by molar-refractivity contribution is -0.115. The van der Waals surface area contributed by atoms with Crippen LogP contribution in [0, 0.1) is 0 Å². The van der Waals surface area contributed by atoms with Crippen molar-refractivity contribution >= 4 is 34.1 Å². The maximum absolute atomic E-state index is 12.3. The number of carbonyl (C=O) groups is 1. The number of methoxy groups -OCH3 is 1. The number of hydrogen-bond donors (Lipinski definition) is 1. The average Bonchev–Trinajstić information content (AvgIpc) is 3.11. The summed E-state index contributed by atoms with van der Waals surface area (Å²) < 4.78 is 5.16. The summed E-state index contributed by atoms with van der Waals surface area (Å²) in [4.78, 5) is 21.0. The van der Waals surface area contributed by atoms with Gasteiger partial charge < -0.3 is 10.1 Å². The van der Waals surface area contributed by atoms with Gasteiger partial charge in [-0.25, -0.2) is 9.97 Å². The predicted molar refractivity (Wildman–Crippen MR) is 102 cm³/mol. The van der Waals surface area contributed by atoms with Crippen LogP contribution in [0.15, 0.2) is 59.1 Å². The van der Waals surface area contributed by atoms with Gasteiger partial charge in [-0.3, -0.25) is 4.79 Å². The molecule has 1 atom stereocenters. The van der Waals surface area contributed by atoms with E-state index in [0.717, 1.165) is 22.0 Å². The van der Waals surface area contributed by atoms with Gasteiger partial charge in [-0.05, 0) is 43.3 Å². The minimum atomic E-state index is -0.261. The number of anilines is 1. The Labute approximate surface area is 154 Å². The maximum atomic E-state index is 12.3. The number of ether oxygens (including phenoxy) is 1. The Morgan fingerprint density at radius 1 is 1.24 bits per heavy atom. The highest BCUT2D eigenvalue weighted by Gasteiger charge is 2.16. The van der Waals surface area contributed by atoms with Crippen molar-refractivity contribution in [3.05, 3.63) is 54.0 Å². The van der Waals surface area contributed by atoms with Gasteiger partial charge >= 0.3 is 0 Å². The molecule has 0 spiro atoms. The van der Waals surface area contributed by atoms with Gasteiger partial charge in [0.15, 0.2) is 5.13 Å². The Morgan fingerprint density at radius 2 is 2.04 bits per heavy atom. The third-order valence-corrected chi connectivity index (χ3v) is 5.23. The summed E-state index contributed by atoms with van der Waals surface area (Å²) in [5.74, 6) is 0.708. The van der Waals surface area contributed by atoms with Crippen molar-refractivity contribution < 1.29 is 9.53 Å². The lowest BCUT2D eigenvalue weighted by Gasteiger charge is -2.09. The molecule has 2 aromatic heterocycles. The molecule has 1 N–H and O–H groups in total. The molecule has 0 saturated carbocycles. The first-order chi connectivity index (χ1) is 12.2. The van der Waals surface area contributed by atoms with Crippen LogP contribution in [-0.2, 0) is 4.79 Å². The number of carbonyl (C=O) groups excluding carboxylic acids is 1. The lowest BCUT2D eigenvalue weighted by atomic mass is 10.2. The first-order valence-corrected chi connectivity index (χ1v) is 9.40. The quantitative estimate of drug-likeness (QED) is 0.653. The van der Waals surface area contributed by atoms with E-state index in [0.29, 0.717) is 5.13 Å². The predicted octanol–water partition coefficient (Wildman–Crippen LogP) is 4.33. The van der Waals surface area contributed by atoms with E-state index in [4.69, 9.17) is 4.74 Å². The number of rotatable bonds is 6. The number of thiazole rings is 1. The molecule has 3 aromatic rings. The van der Waals surface area contributed by atoms with Crippen LogP contribution < -0.4 is 10.1 Å². The highest BCUT2D eigenvalue weighted by molar-refractivity contribution is 8.00. The molecule has 5 nitrogen and oxygen atoms in total. The van der Waals surface area contributed by atoms with Gasteiger partial charge in [0.2, 0.25) is 5.91 Å². The van der Waals surface area contributed by atoms with Crippen LogP contribution in [0.25, 0.3) is 11.3 Å². The summed E-state index contributed by atoms with van der Waals surface area (Å²) in [5.41, 5.74) is 1.81. The molecule has 0 fully saturated rings. The zero-order valence-electron chi connectivity index (χ0n) is 13.8. The maximum Gasteiger partial charge on any atom is 0.239 e. The van der Waals surface area contributed by atoms with Crippen molar-refractivity contribution in [2.45, 2.75) is 17.2 Å². The molecule has 0 saturated heterocycles. The van der Waals surface area contributed by atoms with E-state index in [2.05, 4.69) is 15.3 Å². The Bertz CT molecular complexity index is 835. The number of hydrogen-bond acceptors (Lipinski definition) is 6. The average molecular weight is 371 g/mol. The second-order valence-electron chi connectivity index (χ2n) is 5.18. The van der Waals surface area contributed by atoms with Gasteiger partial charge in [0.1, 0.15) is 5.75 Å². The van der Waals surface area contributed by atoms with Crippen LogP contribution in [-0.4, -0.2) is 28.2 Å². The zero-order chi connectivity index (χ0) is 17.6. The van der Waals surface area contributed by atoms with Crippen molar-refractivity contribution in [2.24, 2.45) is 0 Å². The van der Waals surface area contributed by atoms with E-state index >= 15 is 0 Å². The first kappa shape index (κ1) is 17.4. The van der Waals surface area contributed by atoms with E-state index in [1.165, 1.54) is 23.1 Å². The summed E-state index contributed by atoms with van der Waals surface area (Å²) >= 11 is 2.83. The number of nitrogens with zero attached hydrogens (tertiary/aromatic N) is 2. The number of amides is 1. The van der Waals surface area contributed by atoms with Crippen molar-refractivity contribution in [3.8, 4) is 17.0 Å². The SMILES string of the molecule is COc1ccc(-c2csc(NC(=O)C(C)Sc3ccccn3)n2)cc1. The third kappa shape index (κ3) is 4.58. The fourth-order valence-electron chi connectivity index (χ4n) is 2.08. The van der Waals surface area contributed by atoms with E-state index in [1.54, 1.807) is 13.3 Å². The lowest BCUT2D eigenvalue weighted by Crippen LogP contribution is -2.22. The summed E-state index contributed by atoms with van der Waals surface area (Å²) in [5, 5.41) is 5.94. The van der Waals surface area contributed by atoms with Gasteiger partial charge in [-0.2, -0.15) is 0 Å². The molecule has 0 aliphatic rings. The van der Waals surface area contributed by atoms with Crippen LogP contribution in [0.3, 0.4) is 0 Å². The molecule has 1 unspecified atom stereocenters. The fraction of sp³-hybridized carbons (Fsp3) is 0.167. The Hall–Kier alpha value is -2.38. The number of benzene rings is 1. The standard InChI is InChI=1S/C18H17N3O2S2/c1-12(25-16-5-3-4-10-19-16)17(22)21-18-20-15(11-24-18)13-6-8-14(23-2)9-7-13/h3-12H,1-2H3,(H,20,21,22). The molecule has 0 aliphatic heterocycles. The Kier molecular flexibility index (Phi) is 5.67. The summed E-state index contributed by atoms with van der Waals surface area (Å²) in [6, 6.07) is 13.3. The molecule has 2 heterocycles. The molecule has 128 valence electrons. The molecular weight excluding hydrogens is 354 g/mol. The van der Waals surface area contributed by atoms with Crippen molar-refractivity contribution in [1.29, 1.82) is 0 Å². The smallest absolute Gasteiger partial charge is 0.239 e. The molecule has 1 aromatic carbocycles. The molecular formula is C18H17N3O2S2. The van der Waals surface area contributed by atoms with E-state index in [1.807, 2.05) is 54.8 Å². The largest absolute Gasteiger partial charge is 0.497 e. The number of pyridine rings is 1. The monoisotopic (exact) mass is 371 g/mol. The highest BCUT2D eigenvalue weighted by atomic mass is 32.2. The van der Waals surface area contributed by atoms with Crippen LogP contribution in [0.1, 0.15) is 6.92 Å². The van der Waals surface area contributed by atoms with Crippen LogP contribution in [0.4, 0.5) is 5.13 Å². The highest BCUT2D eigenvalue weighted by Crippen LogP contribution is 2.27. The van der Waals surface area contributed by atoms with Crippen LogP contribution >= 0.6 is 23.1 Å². The minimum absolute atomic E-state index is 0.0914. The Balaban J connectivity index is 1.63. The van der Waals surface area contributed by atoms with E-state index < -0.39 is 0 Å². The number of nitrogens with one attached hydrogen (secondary N) is 1. The van der Waals surface area contributed by atoms with E-state index in [9.17, 15) is 4.79 Å². The second-order valence-corrected chi connectivity index (χ2v) is 7.40. The number of aromatic nitrogens is 2. The van der Waals surface area contributed by atoms with Gasteiger partial charge in [0, 0.05) is 17.1 Å². The zero-order valence-corrected chi connectivity index (χ0v) is 15.4. The summed E-state index contributed by atoms with van der Waals surface area (Å²) in [6.07, 6.45) is 1.72. The molecule has 7 heteroatoms. The molecule has 3 rings (SSSR count). The first-order valence-electron chi connectivity index (χ1n) is 7.64. The molecule has 0 radical (unpaired) electrons. The Morgan fingerprint density at radius 3 is 2.72 bits per heavy atom. The topological polar surface area (TPSA) is 64.1 Å². The second kappa shape index (κ2) is 8.13. The molecule has 1 amide bonds. The molecule has 0 aliphatic carbocycles. The third-order valence-electron chi connectivity index (χ3n) is 3.42. The van der Waals surface area contributed by atoms with Gasteiger partial charge in [-0.1, -0.05) is 17.8 Å². The normalized spacial score (nSPS) is 11.8. The molecule has 25 heavy (non-hydrogen) atoms. The number of thioether (sulfide) groups is 1. The summed E-state index contributed by atoms with van der Waals surface area (Å²) in [6.45, 7) is 1.85. The van der Waals surface area contributed by atoms with Gasteiger partial charge in [0.25, 0.3) is 0 Å². The molecule has 0 bridgehead atoms. The van der Waals surface area contributed by atoms with Crippen molar-refractivity contribution in [2.75, 3.05) is 12.4 Å². The van der Waals surface area contributed by atoms with Crippen LogP contribution in [0.2, 0.25) is 0 Å². The van der Waals surface area contributed by atoms with E-state index in [-0.39, 0.29) is 11.2 Å². The minimum Gasteiger partial charge on any atom is -0.497 e. The van der Waals surface area contributed by atoms with Crippen molar-refractivity contribution in [3.63, 3.8) is 0 Å².